The van der Waals surface area contributed by atoms with Crippen molar-refractivity contribution in [1.82, 2.24) is 15.2 Å². The van der Waals surface area contributed by atoms with Crippen molar-refractivity contribution in [3.63, 3.8) is 0 Å². The van der Waals surface area contributed by atoms with E-state index in [2.05, 4.69) is 41.4 Å². The first-order valence-corrected chi connectivity index (χ1v) is 12.7. The van der Waals surface area contributed by atoms with Gasteiger partial charge in [0.25, 0.3) is 0 Å². The Morgan fingerprint density at radius 2 is 2.13 bits per heavy atom. The van der Waals surface area contributed by atoms with Crippen LogP contribution in [0.3, 0.4) is 0 Å². The zero-order chi connectivity index (χ0) is 21.3. The number of aryl methyl sites for hydroxylation is 1. The van der Waals surface area contributed by atoms with Gasteiger partial charge < -0.3 is 19.7 Å². The van der Waals surface area contributed by atoms with E-state index in [-0.39, 0.29) is 0 Å². The number of guanidine groups is 1. The second-order valence-electron chi connectivity index (χ2n) is 8.42. The molecule has 1 atom stereocenters. The molecule has 0 saturated carbocycles. The van der Waals surface area contributed by atoms with Crippen LogP contribution in [-0.4, -0.2) is 67.4 Å². The number of nitrogens with one attached hydrogen (secondary N) is 1. The van der Waals surface area contributed by atoms with Gasteiger partial charge in [0.2, 0.25) is 0 Å². The van der Waals surface area contributed by atoms with Crippen molar-refractivity contribution in [1.29, 1.82) is 0 Å². The predicted octanol–water partition coefficient (Wildman–Crippen LogP) is 4.24. The summed E-state index contributed by atoms with van der Waals surface area (Å²) in [6.45, 7) is 7.51. The van der Waals surface area contributed by atoms with Crippen LogP contribution in [0.4, 0.5) is 0 Å². The highest BCUT2D eigenvalue weighted by Crippen LogP contribution is 2.22. The Bertz CT molecular complexity index is 793. The van der Waals surface area contributed by atoms with E-state index >= 15 is 0 Å². The van der Waals surface area contributed by atoms with E-state index in [4.69, 9.17) is 19.5 Å². The molecule has 1 N–H and O–H groups in total. The number of benzene rings is 1. The Labute approximate surface area is 190 Å². The molecule has 0 amide bonds. The van der Waals surface area contributed by atoms with Crippen LogP contribution < -0.4 is 5.32 Å². The monoisotopic (exact) mass is 444 g/mol. The molecule has 2 saturated heterocycles. The minimum absolute atomic E-state index is 0.307. The average Bonchev–Trinajstić information content (AvgIpc) is 3.24. The topological polar surface area (TPSA) is 59.0 Å². The highest BCUT2D eigenvalue weighted by Gasteiger charge is 2.23. The van der Waals surface area contributed by atoms with Crippen molar-refractivity contribution in [2.24, 2.45) is 4.99 Å². The molecule has 0 radical (unpaired) electrons. The maximum atomic E-state index is 6.17. The van der Waals surface area contributed by atoms with Crippen molar-refractivity contribution in [3.8, 4) is 0 Å². The van der Waals surface area contributed by atoms with E-state index in [0.717, 1.165) is 83.0 Å². The molecule has 3 heterocycles. The summed E-state index contributed by atoms with van der Waals surface area (Å²) in [6.07, 6.45) is 8.40. The number of piperidine rings is 1. The van der Waals surface area contributed by atoms with Crippen LogP contribution in [0.5, 0.6) is 0 Å². The van der Waals surface area contributed by atoms with Gasteiger partial charge in [-0.1, -0.05) is 12.1 Å². The zero-order valence-electron chi connectivity index (χ0n) is 18.7. The number of hydrogen-bond acceptors (Lipinski definition) is 5. The number of thiazole rings is 1. The number of para-hydroxylation sites is 1. The molecule has 1 unspecified atom stereocenters. The third-order valence-corrected chi connectivity index (χ3v) is 7.11. The molecule has 0 aliphatic carbocycles. The summed E-state index contributed by atoms with van der Waals surface area (Å²) in [5, 5.41) is 4.68. The minimum Gasteiger partial charge on any atom is -0.376 e. The number of likely N-dealkylation sites (tertiary alicyclic amines) is 1. The largest absolute Gasteiger partial charge is 0.376 e. The van der Waals surface area contributed by atoms with Gasteiger partial charge >= 0.3 is 0 Å². The fraction of sp³-hybridized carbons (Fsp3) is 0.667. The van der Waals surface area contributed by atoms with Gasteiger partial charge in [-0.2, -0.15) is 0 Å². The summed E-state index contributed by atoms with van der Waals surface area (Å²) in [6, 6.07) is 8.37. The summed E-state index contributed by atoms with van der Waals surface area (Å²) in [5.74, 6) is 1.04. The van der Waals surface area contributed by atoms with Gasteiger partial charge in [0, 0.05) is 39.2 Å². The summed E-state index contributed by atoms with van der Waals surface area (Å²) >= 11 is 1.80. The van der Waals surface area contributed by atoms with Crippen molar-refractivity contribution in [2.45, 2.75) is 64.1 Å². The Morgan fingerprint density at radius 3 is 2.90 bits per heavy atom. The number of rotatable bonds is 8. The number of aliphatic imine (C=N–C) groups is 1. The van der Waals surface area contributed by atoms with Gasteiger partial charge in [-0.3, -0.25) is 4.99 Å². The minimum atomic E-state index is 0.307. The van der Waals surface area contributed by atoms with Gasteiger partial charge in [0.15, 0.2) is 5.96 Å². The molecule has 2 fully saturated rings. The van der Waals surface area contributed by atoms with Crippen LogP contribution >= 0.6 is 11.3 Å². The Balaban J connectivity index is 1.20. The number of hydrogen-bond donors (Lipinski definition) is 1. The molecule has 4 rings (SSSR count). The third kappa shape index (κ3) is 6.64. The van der Waals surface area contributed by atoms with E-state index < -0.39 is 0 Å². The lowest BCUT2D eigenvalue weighted by Crippen LogP contribution is -2.47. The molecule has 6 nitrogen and oxygen atoms in total. The van der Waals surface area contributed by atoms with Gasteiger partial charge in [-0.15, -0.1) is 11.3 Å². The quantitative estimate of drug-likeness (QED) is 0.375. The fourth-order valence-corrected chi connectivity index (χ4v) is 5.29. The second-order valence-corrected chi connectivity index (χ2v) is 9.54. The van der Waals surface area contributed by atoms with Crippen LogP contribution in [0, 0.1) is 0 Å². The third-order valence-electron chi connectivity index (χ3n) is 6.02. The number of aromatic nitrogens is 1. The lowest BCUT2D eigenvalue weighted by molar-refractivity contribution is -0.0721. The molecule has 1 aromatic carbocycles. The molecule has 31 heavy (non-hydrogen) atoms. The normalized spacial score (nSPS) is 21.0. The van der Waals surface area contributed by atoms with Gasteiger partial charge in [-0.05, 0) is 57.6 Å². The first-order chi connectivity index (χ1) is 15.3. The highest BCUT2D eigenvalue weighted by molar-refractivity contribution is 7.18. The summed E-state index contributed by atoms with van der Waals surface area (Å²) < 4.78 is 13.2. The zero-order valence-corrected chi connectivity index (χ0v) is 19.5. The molecule has 7 heteroatoms. The van der Waals surface area contributed by atoms with Crippen LogP contribution in [-0.2, 0) is 15.9 Å². The molecule has 170 valence electrons. The number of fused-ring (bicyclic) bond motifs is 1. The number of ether oxygens (including phenoxy) is 2. The van der Waals surface area contributed by atoms with Gasteiger partial charge in [0.05, 0.1) is 34.0 Å². The lowest BCUT2D eigenvalue weighted by atomic mass is 10.1. The van der Waals surface area contributed by atoms with Crippen molar-refractivity contribution in [3.05, 3.63) is 29.3 Å². The Kier molecular flexibility index (Phi) is 8.55. The molecule has 1 aromatic heterocycles. The molecular weight excluding hydrogens is 408 g/mol. The molecule has 2 aliphatic rings. The van der Waals surface area contributed by atoms with Crippen LogP contribution in [0.25, 0.3) is 10.2 Å². The Hall–Kier alpha value is -1.70. The van der Waals surface area contributed by atoms with E-state index in [1.54, 1.807) is 11.3 Å². The standard InChI is InChI=1S/C24H36N4O2S/c1-2-25-24(26-14-7-11-23-27-21-9-3-4-10-22(21)31-23)28-15-12-19(13-16-28)30-18-20-8-5-6-17-29-20/h3-4,9-10,19-20H,2,5-8,11-18H2,1H3,(H,25,26). The summed E-state index contributed by atoms with van der Waals surface area (Å²) in [4.78, 5) is 12.0. The van der Waals surface area contributed by atoms with Gasteiger partial charge in [-0.25, -0.2) is 4.98 Å². The van der Waals surface area contributed by atoms with Crippen molar-refractivity contribution in [2.75, 3.05) is 39.4 Å². The second kappa shape index (κ2) is 11.8. The van der Waals surface area contributed by atoms with Crippen LogP contribution in [0.15, 0.2) is 29.3 Å². The molecule has 2 aromatic rings. The lowest BCUT2D eigenvalue weighted by Gasteiger charge is -2.35. The number of nitrogens with zero attached hydrogens (tertiary/aromatic N) is 3. The molecular formula is C24H36N4O2S. The Morgan fingerprint density at radius 1 is 1.26 bits per heavy atom. The molecule has 2 aliphatic heterocycles. The van der Waals surface area contributed by atoms with Crippen molar-refractivity contribution >= 4 is 27.5 Å². The maximum absolute atomic E-state index is 6.17. The predicted molar refractivity (Wildman–Crippen MR) is 128 cm³/mol. The SMILES string of the molecule is CCNC(=NCCCc1nc2ccccc2s1)N1CCC(OCC2CCCCO2)CC1. The highest BCUT2D eigenvalue weighted by atomic mass is 32.1. The maximum Gasteiger partial charge on any atom is 0.193 e. The first-order valence-electron chi connectivity index (χ1n) is 11.9. The van der Waals surface area contributed by atoms with E-state index in [0.29, 0.717) is 12.2 Å². The smallest absolute Gasteiger partial charge is 0.193 e. The fourth-order valence-electron chi connectivity index (χ4n) is 4.28. The van der Waals surface area contributed by atoms with Crippen LogP contribution in [0.2, 0.25) is 0 Å². The average molecular weight is 445 g/mol. The van der Waals surface area contributed by atoms with E-state index in [9.17, 15) is 0 Å². The van der Waals surface area contributed by atoms with E-state index in [1.165, 1.54) is 22.5 Å². The van der Waals surface area contributed by atoms with E-state index in [1.807, 2.05) is 0 Å². The van der Waals surface area contributed by atoms with Crippen LogP contribution in [0.1, 0.15) is 50.5 Å². The molecule has 0 bridgehead atoms. The summed E-state index contributed by atoms with van der Waals surface area (Å²) in [7, 11) is 0. The van der Waals surface area contributed by atoms with Crippen molar-refractivity contribution < 1.29 is 9.47 Å². The first kappa shape index (κ1) is 22.5. The molecule has 0 spiro atoms. The van der Waals surface area contributed by atoms with Gasteiger partial charge in [0.1, 0.15) is 0 Å². The summed E-state index contributed by atoms with van der Waals surface area (Å²) in [5.41, 5.74) is 1.11.